The van der Waals surface area contributed by atoms with Crippen LogP contribution in [0.3, 0.4) is 0 Å². The zero-order chi connectivity index (χ0) is 10.7. The second-order valence-corrected chi connectivity index (χ2v) is 5.33. The van der Waals surface area contributed by atoms with Crippen molar-refractivity contribution in [3.63, 3.8) is 0 Å². The van der Waals surface area contributed by atoms with E-state index in [0.29, 0.717) is 19.6 Å². The first-order chi connectivity index (χ1) is 7.18. The quantitative estimate of drug-likeness (QED) is 0.808. The van der Waals surface area contributed by atoms with Crippen LogP contribution in [0.1, 0.15) is 12.0 Å². The molecular formula is C10H14N2O2S. The fourth-order valence-corrected chi connectivity index (χ4v) is 2.89. The molecule has 1 saturated heterocycles. The molecule has 4 nitrogen and oxygen atoms in total. The Labute approximate surface area is 90.1 Å². The van der Waals surface area contributed by atoms with Crippen LogP contribution >= 0.6 is 0 Å². The second-order valence-electron chi connectivity index (χ2n) is 3.57. The highest BCUT2D eigenvalue weighted by Crippen LogP contribution is 2.11. The van der Waals surface area contributed by atoms with Gasteiger partial charge >= 0.3 is 0 Å². The van der Waals surface area contributed by atoms with Crippen molar-refractivity contribution in [2.75, 3.05) is 13.1 Å². The van der Waals surface area contributed by atoms with E-state index < -0.39 is 10.2 Å². The average molecular weight is 226 g/mol. The lowest BCUT2D eigenvalue weighted by molar-refractivity contribution is 0.369. The summed E-state index contributed by atoms with van der Waals surface area (Å²) < 4.78 is 27.2. The molecule has 0 aromatic heterocycles. The first-order valence-electron chi connectivity index (χ1n) is 4.97. The molecule has 0 atom stereocenters. The molecule has 1 heterocycles. The molecule has 82 valence electrons. The Morgan fingerprint density at radius 1 is 1.27 bits per heavy atom. The Morgan fingerprint density at radius 3 is 2.67 bits per heavy atom. The number of hydrogen-bond donors (Lipinski definition) is 1. The number of rotatable bonds is 2. The highest BCUT2D eigenvalue weighted by atomic mass is 32.2. The van der Waals surface area contributed by atoms with Gasteiger partial charge in [-0.3, -0.25) is 0 Å². The lowest BCUT2D eigenvalue weighted by Gasteiger charge is -2.26. The molecule has 0 unspecified atom stereocenters. The van der Waals surface area contributed by atoms with Crippen LogP contribution in [0.4, 0.5) is 0 Å². The van der Waals surface area contributed by atoms with Crippen LogP contribution < -0.4 is 4.72 Å². The van der Waals surface area contributed by atoms with Crippen molar-refractivity contribution < 1.29 is 8.42 Å². The lowest BCUT2D eigenvalue weighted by atomic mass is 10.2. The van der Waals surface area contributed by atoms with Gasteiger partial charge in [-0.1, -0.05) is 30.3 Å². The maximum Gasteiger partial charge on any atom is 0.279 e. The van der Waals surface area contributed by atoms with Gasteiger partial charge in [0.2, 0.25) is 0 Å². The van der Waals surface area contributed by atoms with Crippen LogP contribution in [0.15, 0.2) is 30.3 Å². The number of benzene rings is 1. The molecule has 0 saturated carbocycles. The van der Waals surface area contributed by atoms with Crippen molar-refractivity contribution in [2.45, 2.75) is 13.0 Å². The topological polar surface area (TPSA) is 49.4 Å². The molecule has 0 aliphatic carbocycles. The van der Waals surface area contributed by atoms with Gasteiger partial charge in [0.1, 0.15) is 0 Å². The fraction of sp³-hybridized carbons (Fsp3) is 0.400. The van der Waals surface area contributed by atoms with Gasteiger partial charge in [-0.05, 0) is 12.0 Å². The van der Waals surface area contributed by atoms with Crippen LogP contribution in [0, 0.1) is 0 Å². The molecule has 1 N–H and O–H groups in total. The third-order valence-corrected chi connectivity index (χ3v) is 3.97. The van der Waals surface area contributed by atoms with E-state index in [1.165, 1.54) is 4.31 Å². The van der Waals surface area contributed by atoms with E-state index in [9.17, 15) is 8.42 Å². The molecule has 0 bridgehead atoms. The van der Waals surface area contributed by atoms with Crippen LogP contribution in [0.25, 0.3) is 0 Å². The molecule has 1 fully saturated rings. The van der Waals surface area contributed by atoms with Crippen molar-refractivity contribution in [3.8, 4) is 0 Å². The molecule has 0 amide bonds. The number of hydrogen-bond acceptors (Lipinski definition) is 2. The monoisotopic (exact) mass is 226 g/mol. The lowest BCUT2D eigenvalue weighted by Crippen LogP contribution is -2.46. The summed E-state index contributed by atoms with van der Waals surface area (Å²) in [6.45, 7) is 1.61. The average Bonchev–Trinajstić information content (AvgIpc) is 2.23. The van der Waals surface area contributed by atoms with E-state index in [0.717, 1.165) is 12.0 Å². The summed E-state index contributed by atoms with van der Waals surface area (Å²) >= 11 is 0. The van der Waals surface area contributed by atoms with Gasteiger partial charge in [0.15, 0.2) is 0 Å². The van der Waals surface area contributed by atoms with Gasteiger partial charge in [0.25, 0.3) is 10.2 Å². The van der Waals surface area contributed by atoms with Crippen molar-refractivity contribution in [3.05, 3.63) is 35.9 Å². The first kappa shape index (κ1) is 10.6. The third kappa shape index (κ3) is 2.56. The van der Waals surface area contributed by atoms with Gasteiger partial charge in [0, 0.05) is 19.6 Å². The van der Waals surface area contributed by atoms with Gasteiger partial charge in [0.05, 0.1) is 0 Å². The van der Waals surface area contributed by atoms with Crippen molar-refractivity contribution in [1.82, 2.24) is 9.03 Å². The zero-order valence-electron chi connectivity index (χ0n) is 8.39. The van der Waals surface area contributed by atoms with Crippen LogP contribution in [-0.2, 0) is 16.8 Å². The summed E-state index contributed by atoms with van der Waals surface area (Å²) in [5.74, 6) is 0. The maximum absolute atomic E-state index is 11.6. The summed E-state index contributed by atoms with van der Waals surface area (Å²) in [6, 6.07) is 9.62. The zero-order valence-corrected chi connectivity index (χ0v) is 9.20. The summed E-state index contributed by atoms with van der Waals surface area (Å²) in [7, 11) is -3.24. The van der Waals surface area contributed by atoms with Gasteiger partial charge in [-0.2, -0.15) is 12.7 Å². The Balaban J connectivity index is 2.12. The standard InChI is InChI=1S/C10H14N2O2S/c13-15(14)11-7-4-8-12(15)9-10-5-2-1-3-6-10/h1-3,5-6,11H,4,7-9H2. The largest absolute Gasteiger partial charge is 0.279 e. The Morgan fingerprint density at radius 2 is 2.00 bits per heavy atom. The third-order valence-electron chi connectivity index (χ3n) is 2.41. The van der Waals surface area contributed by atoms with E-state index in [1.54, 1.807) is 0 Å². The van der Waals surface area contributed by atoms with E-state index >= 15 is 0 Å². The molecule has 2 rings (SSSR count). The van der Waals surface area contributed by atoms with E-state index in [-0.39, 0.29) is 0 Å². The molecule has 1 aromatic carbocycles. The molecule has 5 heteroatoms. The summed E-state index contributed by atoms with van der Waals surface area (Å²) in [5.41, 5.74) is 1.02. The predicted molar refractivity (Wildman–Crippen MR) is 58.4 cm³/mol. The SMILES string of the molecule is O=S1(=O)NCCCN1Cc1ccccc1. The van der Waals surface area contributed by atoms with Crippen molar-refractivity contribution in [1.29, 1.82) is 0 Å². The Hall–Kier alpha value is -0.910. The highest BCUT2D eigenvalue weighted by Gasteiger charge is 2.24. The van der Waals surface area contributed by atoms with Gasteiger partial charge in [-0.25, -0.2) is 4.72 Å². The highest BCUT2D eigenvalue weighted by molar-refractivity contribution is 7.87. The summed E-state index contributed by atoms with van der Waals surface area (Å²) in [6.07, 6.45) is 0.867. The number of nitrogens with one attached hydrogen (secondary N) is 1. The maximum atomic E-state index is 11.6. The van der Waals surface area contributed by atoms with E-state index in [1.807, 2.05) is 30.3 Å². The van der Waals surface area contributed by atoms with Crippen molar-refractivity contribution in [2.24, 2.45) is 0 Å². The first-order valence-corrected chi connectivity index (χ1v) is 6.41. The normalized spacial score (nSPS) is 21.3. The Kier molecular flexibility index (Phi) is 3.04. The number of nitrogens with zero attached hydrogens (tertiary/aromatic N) is 1. The minimum atomic E-state index is -3.24. The molecular weight excluding hydrogens is 212 g/mol. The molecule has 1 aromatic rings. The van der Waals surface area contributed by atoms with Crippen LogP contribution in [0.2, 0.25) is 0 Å². The van der Waals surface area contributed by atoms with Gasteiger partial charge in [-0.15, -0.1) is 0 Å². The Bertz CT molecular complexity index is 416. The summed E-state index contributed by atoms with van der Waals surface area (Å²) in [5, 5.41) is 0. The van der Waals surface area contributed by atoms with Crippen molar-refractivity contribution >= 4 is 10.2 Å². The minimum Gasteiger partial charge on any atom is -0.202 e. The molecule has 0 spiro atoms. The molecule has 15 heavy (non-hydrogen) atoms. The minimum absolute atomic E-state index is 0.455. The van der Waals surface area contributed by atoms with Gasteiger partial charge < -0.3 is 0 Å². The summed E-state index contributed by atoms with van der Waals surface area (Å²) in [4.78, 5) is 0. The fourth-order valence-electron chi connectivity index (χ4n) is 1.62. The second kappa shape index (κ2) is 4.30. The molecule has 1 aliphatic heterocycles. The molecule has 1 aliphatic rings. The van der Waals surface area contributed by atoms with Crippen LogP contribution in [0.5, 0.6) is 0 Å². The van der Waals surface area contributed by atoms with Crippen LogP contribution in [-0.4, -0.2) is 25.8 Å². The van der Waals surface area contributed by atoms with E-state index in [2.05, 4.69) is 4.72 Å². The molecule has 0 radical (unpaired) electrons. The smallest absolute Gasteiger partial charge is 0.202 e. The van der Waals surface area contributed by atoms with E-state index in [4.69, 9.17) is 0 Å². The predicted octanol–water partition coefficient (Wildman–Crippen LogP) is 0.727.